The second-order valence-corrected chi connectivity index (χ2v) is 4.64. The number of nitrogens with zero attached hydrogens (tertiary/aromatic N) is 1. The van der Waals surface area contributed by atoms with Gasteiger partial charge in [0.1, 0.15) is 0 Å². The second-order valence-electron chi connectivity index (χ2n) is 3.47. The molecule has 0 amide bonds. The van der Waals surface area contributed by atoms with Crippen molar-refractivity contribution in [1.82, 2.24) is 4.98 Å². The van der Waals surface area contributed by atoms with E-state index in [0.717, 1.165) is 28.4 Å². The van der Waals surface area contributed by atoms with E-state index >= 15 is 0 Å². The molecule has 1 N–H and O–H groups in total. The Balaban J connectivity index is 2.66. The van der Waals surface area contributed by atoms with Crippen LogP contribution in [0.5, 0.6) is 0 Å². The highest BCUT2D eigenvalue weighted by atomic mass is 32.1. The van der Waals surface area contributed by atoms with Crippen LogP contribution in [0.15, 0.2) is 0 Å². The van der Waals surface area contributed by atoms with Crippen molar-refractivity contribution in [3.63, 3.8) is 0 Å². The Morgan fingerprint density at radius 3 is 2.81 bits per heavy atom. The Kier molecular flexibility index (Phi) is 5.42. The van der Waals surface area contributed by atoms with E-state index in [4.69, 9.17) is 9.84 Å². The van der Waals surface area contributed by atoms with Crippen LogP contribution in [-0.4, -0.2) is 29.8 Å². The number of aryl methyl sites for hydroxylation is 2. The van der Waals surface area contributed by atoms with Gasteiger partial charge in [-0.15, -0.1) is 11.3 Å². The molecule has 0 saturated heterocycles. The first-order valence-corrected chi connectivity index (χ1v) is 6.17. The first-order chi connectivity index (χ1) is 7.67. The van der Waals surface area contributed by atoms with Gasteiger partial charge in [-0.05, 0) is 12.8 Å². The number of carboxylic acid groups (broad SMARTS) is 1. The van der Waals surface area contributed by atoms with E-state index < -0.39 is 5.97 Å². The van der Waals surface area contributed by atoms with Crippen molar-refractivity contribution in [2.24, 2.45) is 0 Å². The molecule has 1 rings (SSSR count). The zero-order chi connectivity index (χ0) is 12.0. The van der Waals surface area contributed by atoms with Crippen molar-refractivity contribution in [2.75, 3.05) is 13.7 Å². The monoisotopic (exact) mass is 243 g/mol. The minimum Gasteiger partial charge on any atom is -0.481 e. The molecule has 16 heavy (non-hydrogen) atoms. The molecule has 1 aromatic heterocycles. The van der Waals surface area contributed by atoms with Gasteiger partial charge >= 0.3 is 5.97 Å². The van der Waals surface area contributed by atoms with Crippen molar-refractivity contribution in [3.8, 4) is 0 Å². The van der Waals surface area contributed by atoms with E-state index in [1.165, 1.54) is 0 Å². The van der Waals surface area contributed by atoms with Gasteiger partial charge in [-0.25, -0.2) is 4.98 Å². The van der Waals surface area contributed by atoms with Crippen LogP contribution in [-0.2, 0) is 28.8 Å². The molecule has 90 valence electrons. The summed E-state index contributed by atoms with van der Waals surface area (Å²) in [7, 11) is 1.67. The fourth-order valence-electron chi connectivity index (χ4n) is 1.43. The summed E-state index contributed by atoms with van der Waals surface area (Å²) in [5, 5.41) is 9.69. The molecule has 0 fully saturated rings. The Labute approximate surface area is 99.3 Å². The number of carboxylic acids is 1. The minimum atomic E-state index is -0.756. The SMILES string of the molecule is CCc1nc(CCOC)sc1CCC(=O)O. The zero-order valence-corrected chi connectivity index (χ0v) is 10.5. The first-order valence-electron chi connectivity index (χ1n) is 5.35. The van der Waals surface area contributed by atoms with Crippen LogP contribution in [0.4, 0.5) is 0 Å². The molecule has 0 radical (unpaired) electrons. The molecular formula is C11H17NO3S. The lowest BCUT2D eigenvalue weighted by Gasteiger charge is -1.95. The summed E-state index contributed by atoms with van der Waals surface area (Å²) in [6.45, 7) is 2.70. The van der Waals surface area contributed by atoms with E-state index in [1.54, 1.807) is 18.4 Å². The number of rotatable bonds is 7. The molecule has 0 bridgehead atoms. The van der Waals surface area contributed by atoms with E-state index in [1.807, 2.05) is 6.92 Å². The zero-order valence-electron chi connectivity index (χ0n) is 9.65. The topological polar surface area (TPSA) is 59.4 Å². The quantitative estimate of drug-likeness (QED) is 0.794. The predicted octanol–water partition coefficient (Wildman–Crippen LogP) is 1.91. The van der Waals surface area contributed by atoms with Gasteiger partial charge in [-0.2, -0.15) is 0 Å². The highest BCUT2D eigenvalue weighted by Crippen LogP contribution is 2.21. The molecule has 0 saturated carbocycles. The molecular weight excluding hydrogens is 226 g/mol. The van der Waals surface area contributed by atoms with Gasteiger partial charge in [0.15, 0.2) is 0 Å². The maximum Gasteiger partial charge on any atom is 0.303 e. The number of ether oxygens (including phenoxy) is 1. The molecule has 0 spiro atoms. The molecule has 0 aliphatic rings. The van der Waals surface area contributed by atoms with E-state index in [9.17, 15) is 4.79 Å². The lowest BCUT2D eigenvalue weighted by atomic mass is 10.2. The van der Waals surface area contributed by atoms with Gasteiger partial charge in [0.2, 0.25) is 0 Å². The molecule has 0 aliphatic heterocycles. The molecule has 0 aromatic carbocycles. The standard InChI is InChI=1S/C11H17NO3S/c1-3-8-9(4-5-11(13)14)16-10(12-8)6-7-15-2/h3-7H2,1-2H3,(H,13,14). The largest absolute Gasteiger partial charge is 0.481 e. The Morgan fingerprint density at radius 2 is 2.25 bits per heavy atom. The van der Waals surface area contributed by atoms with Crippen molar-refractivity contribution < 1.29 is 14.6 Å². The van der Waals surface area contributed by atoms with Gasteiger partial charge in [0.05, 0.1) is 23.7 Å². The predicted molar refractivity (Wildman–Crippen MR) is 63.0 cm³/mol. The summed E-state index contributed by atoms with van der Waals surface area (Å²) in [6.07, 6.45) is 2.43. The van der Waals surface area contributed by atoms with Crippen LogP contribution >= 0.6 is 11.3 Å². The van der Waals surface area contributed by atoms with Crippen molar-refractivity contribution >= 4 is 17.3 Å². The van der Waals surface area contributed by atoms with Gasteiger partial charge < -0.3 is 9.84 Å². The Bertz CT molecular complexity index is 349. The van der Waals surface area contributed by atoms with Crippen LogP contribution in [0.2, 0.25) is 0 Å². The number of methoxy groups -OCH3 is 1. The Morgan fingerprint density at radius 1 is 1.50 bits per heavy atom. The van der Waals surface area contributed by atoms with Crippen molar-refractivity contribution in [1.29, 1.82) is 0 Å². The fourth-order valence-corrected chi connectivity index (χ4v) is 2.56. The van der Waals surface area contributed by atoms with Crippen molar-refractivity contribution in [2.45, 2.75) is 32.6 Å². The van der Waals surface area contributed by atoms with Crippen molar-refractivity contribution in [3.05, 3.63) is 15.6 Å². The van der Waals surface area contributed by atoms with Gasteiger partial charge in [0, 0.05) is 18.4 Å². The average molecular weight is 243 g/mol. The van der Waals surface area contributed by atoms with Crippen LogP contribution in [0.3, 0.4) is 0 Å². The third kappa shape index (κ3) is 3.90. The summed E-state index contributed by atoms with van der Waals surface area (Å²) >= 11 is 1.61. The lowest BCUT2D eigenvalue weighted by molar-refractivity contribution is -0.136. The highest BCUT2D eigenvalue weighted by molar-refractivity contribution is 7.11. The number of aromatic nitrogens is 1. The van der Waals surface area contributed by atoms with Crippen LogP contribution in [0.25, 0.3) is 0 Å². The number of thiazole rings is 1. The summed E-state index contributed by atoms with van der Waals surface area (Å²) in [4.78, 5) is 16.1. The summed E-state index contributed by atoms with van der Waals surface area (Å²) in [5.41, 5.74) is 1.04. The number of hydrogen-bond acceptors (Lipinski definition) is 4. The number of aliphatic carboxylic acids is 1. The maximum absolute atomic E-state index is 10.5. The average Bonchev–Trinajstić information content (AvgIpc) is 2.66. The second kappa shape index (κ2) is 6.60. The summed E-state index contributed by atoms with van der Waals surface area (Å²) in [5.74, 6) is -0.756. The van der Waals surface area contributed by atoms with E-state index in [0.29, 0.717) is 13.0 Å². The third-order valence-electron chi connectivity index (χ3n) is 2.24. The first kappa shape index (κ1) is 13.1. The molecule has 0 atom stereocenters. The van der Waals surface area contributed by atoms with E-state index in [-0.39, 0.29) is 6.42 Å². The normalized spacial score (nSPS) is 10.6. The molecule has 1 aromatic rings. The summed E-state index contributed by atoms with van der Waals surface area (Å²) < 4.78 is 5.00. The summed E-state index contributed by atoms with van der Waals surface area (Å²) in [6, 6.07) is 0. The van der Waals surface area contributed by atoms with Gasteiger partial charge in [-0.1, -0.05) is 6.92 Å². The van der Waals surface area contributed by atoms with Gasteiger partial charge in [-0.3, -0.25) is 4.79 Å². The highest BCUT2D eigenvalue weighted by Gasteiger charge is 2.10. The fraction of sp³-hybridized carbons (Fsp3) is 0.636. The molecule has 0 aliphatic carbocycles. The van der Waals surface area contributed by atoms with Gasteiger partial charge in [0.25, 0.3) is 0 Å². The Hall–Kier alpha value is -0.940. The van der Waals surface area contributed by atoms with E-state index in [2.05, 4.69) is 4.98 Å². The molecule has 4 nitrogen and oxygen atoms in total. The maximum atomic E-state index is 10.5. The van der Waals surface area contributed by atoms with Crippen LogP contribution < -0.4 is 0 Å². The lowest BCUT2D eigenvalue weighted by Crippen LogP contribution is -1.98. The smallest absolute Gasteiger partial charge is 0.303 e. The molecule has 0 unspecified atom stereocenters. The number of carbonyl (C=O) groups is 1. The molecule has 5 heteroatoms. The third-order valence-corrected chi connectivity index (χ3v) is 3.46. The minimum absolute atomic E-state index is 0.179. The van der Waals surface area contributed by atoms with Crippen LogP contribution in [0, 0.1) is 0 Å². The molecule has 1 heterocycles. The van der Waals surface area contributed by atoms with Crippen LogP contribution in [0.1, 0.15) is 28.9 Å². The number of hydrogen-bond donors (Lipinski definition) is 1.